The van der Waals surface area contributed by atoms with Crippen LogP contribution in [0, 0.1) is 23.7 Å². The van der Waals surface area contributed by atoms with Gasteiger partial charge in [0.1, 0.15) is 6.07 Å². The lowest BCUT2D eigenvalue weighted by Crippen LogP contribution is -2.26. The van der Waals surface area contributed by atoms with E-state index in [1.54, 1.807) is 13.8 Å². The van der Waals surface area contributed by atoms with E-state index in [0.717, 1.165) is 0 Å². The van der Waals surface area contributed by atoms with E-state index in [0.29, 0.717) is 0 Å². The van der Waals surface area contributed by atoms with Gasteiger partial charge in [-0.05, 0) is 13.8 Å². The van der Waals surface area contributed by atoms with Crippen LogP contribution in [0.1, 0.15) is 19.5 Å². The summed E-state index contributed by atoms with van der Waals surface area (Å²) in [5.41, 5.74) is -0.655. The van der Waals surface area contributed by atoms with Crippen LogP contribution in [0.25, 0.3) is 0 Å². The fraction of sp³-hybridized carbons (Fsp3) is 0.300. The van der Waals surface area contributed by atoms with Crippen LogP contribution in [0.4, 0.5) is 0 Å². The van der Waals surface area contributed by atoms with E-state index in [-0.39, 0.29) is 11.6 Å². The zero-order chi connectivity index (χ0) is 10.6. The summed E-state index contributed by atoms with van der Waals surface area (Å²) >= 11 is 0. The predicted molar refractivity (Wildman–Crippen MR) is 50.3 cm³/mol. The number of hydrogen-bond donors (Lipinski definition) is 0. The Morgan fingerprint density at radius 1 is 1.43 bits per heavy atom. The van der Waals surface area contributed by atoms with Gasteiger partial charge < -0.3 is 4.74 Å². The summed E-state index contributed by atoms with van der Waals surface area (Å²) in [4.78, 5) is 7.68. The Balaban J connectivity index is 3.00. The molecule has 0 radical (unpaired) electrons. The average molecular weight is 187 g/mol. The molecule has 1 aromatic rings. The van der Waals surface area contributed by atoms with Gasteiger partial charge in [-0.1, -0.05) is 5.92 Å². The van der Waals surface area contributed by atoms with Gasteiger partial charge in [0.05, 0.1) is 0 Å². The molecule has 0 N–H and O–H groups in total. The molecule has 14 heavy (non-hydrogen) atoms. The van der Waals surface area contributed by atoms with Gasteiger partial charge in [-0.25, -0.2) is 9.97 Å². The number of aromatic nitrogens is 2. The van der Waals surface area contributed by atoms with Gasteiger partial charge >= 0.3 is 0 Å². The van der Waals surface area contributed by atoms with E-state index in [1.807, 2.05) is 6.07 Å². The van der Waals surface area contributed by atoms with Crippen molar-refractivity contribution < 1.29 is 4.74 Å². The Morgan fingerprint density at radius 2 is 2.07 bits per heavy atom. The molecule has 0 amide bonds. The van der Waals surface area contributed by atoms with Crippen LogP contribution < -0.4 is 4.74 Å². The summed E-state index contributed by atoms with van der Waals surface area (Å²) in [6.07, 6.45) is 8.11. The molecule has 0 saturated heterocycles. The monoisotopic (exact) mass is 187 g/mol. The highest BCUT2D eigenvalue weighted by molar-refractivity contribution is 5.31. The normalized spacial score (nSPS) is 10.0. The number of hydrogen-bond acceptors (Lipinski definition) is 4. The number of nitrogens with zero attached hydrogens (tertiary/aromatic N) is 3. The van der Waals surface area contributed by atoms with Crippen molar-refractivity contribution >= 4 is 0 Å². The molecular formula is C10H9N3O. The van der Waals surface area contributed by atoms with Gasteiger partial charge in [0.15, 0.2) is 5.60 Å². The molecule has 0 fully saturated rings. The Morgan fingerprint density at radius 3 is 2.64 bits per heavy atom. The van der Waals surface area contributed by atoms with Crippen LogP contribution in [0.5, 0.6) is 5.88 Å². The van der Waals surface area contributed by atoms with Crippen molar-refractivity contribution in [3.8, 4) is 24.3 Å². The average Bonchev–Trinajstić information content (AvgIpc) is 2.18. The third-order valence-corrected chi connectivity index (χ3v) is 1.47. The lowest BCUT2D eigenvalue weighted by molar-refractivity contribution is 0.163. The van der Waals surface area contributed by atoms with Gasteiger partial charge in [0.2, 0.25) is 5.69 Å². The molecule has 1 rings (SSSR count). The number of ether oxygens (including phenoxy) is 1. The topological polar surface area (TPSA) is 58.8 Å². The SMILES string of the molecule is C#CC(C)(C)Oc1nccnc1C#N. The molecule has 0 bridgehead atoms. The summed E-state index contributed by atoms with van der Waals surface area (Å²) < 4.78 is 5.34. The maximum Gasteiger partial charge on any atom is 0.252 e. The molecule has 0 aliphatic rings. The highest BCUT2D eigenvalue weighted by Crippen LogP contribution is 2.16. The first-order chi connectivity index (χ1) is 6.59. The lowest BCUT2D eigenvalue weighted by atomic mass is 10.1. The maximum atomic E-state index is 8.70. The molecule has 1 heterocycles. The first-order valence-corrected chi connectivity index (χ1v) is 3.97. The molecule has 0 atom stereocenters. The molecule has 4 heteroatoms. The molecule has 4 nitrogen and oxygen atoms in total. The molecule has 0 aliphatic heterocycles. The van der Waals surface area contributed by atoms with Crippen molar-refractivity contribution in [2.45, 2.75) is 19.4 Å². The van der Waals surface area contributed by atoms with E-state index in [2.05, 4.69) is 15.9 Å². The second-order valence-corrected chi connectivity index (χ2v) is 3.08. The molecular weight excluding hydrogens is 178 g/mol. The number of nitriles is 1. The van der Waals surface area contributed by atoms with Crippen LogP contribution >= 0.6 is 0 Å². The Kier molecular flexibility index (Phi) is 2.69. The van der Waals surface area contributed by atoms with Crippen molar-refractivity contribution in [3.63, 3.8) is 0 Å². The van der Waals surface area contributed by atoms with Gasteiger partial charge in [-0.3, -0.25) is 0 Å². The van der Waals surface area contributed by atoms with E-state index in [1.165, 1.54) is 12.4 Å². The van der Waals surface area contributed by atoms with Gasteiger partial charge in [0.25, 0.3) is 5.88 Å². The highest BCUT2D eigenvalue weighted by atomic mass is 16.5. The van der Waals surface area contributed by atoms with Crippen LogP contribution in [0.3, 0.4) is 0 Å². The first kappa shape index (κ1) is 10.0. The van der Waals surface area contributed by atoms with Crippen molar-refractivity contribution in [3.05, 3.63) is 18.1 Å². The Bertz CT molecular complexity index is 412. The van der Waals surface area contributed by atoms with Gasteiger partial charge in [-0.2, -0.15) is 5.26 Å². The fourth-order valence-corrected chi connectivity index (χ4v) is 0.748. The summed E-state index contributed by atoms with van der Waals surface area (Å²) in [6, 6.07) is 1.88. The third-order valence-electron chi connectivity index (χ3n) is 1.47. The smallest absolute Gasteiger partial charge is 0.252 e. The lowest BCUT2D eigenvalue weighted by Gasteiger charge is -2.19. The molecule has 0 unspecified atom stereocenters. The summed E-state index contributed by atoms with van der Waals surface area (Å²) in [5.74, 6) is 2.61. The quantitative estimate of drug-likeness (QED) is 0.651. The minimum atomic E-state index is -0.790. The van der Waals surface area contributed by atoms with Crippen molar-refractivity contribution in [1.82, 2.24) is 9.97 Å². The zero-order valence-corrected chi connectivity index (χ0v) is 7.98. The largest absolute Gasteiger partial charge is 0.456 e. The van der Waals surface area contributed by atoms with Crippen molar-refractivity contribution in [2.75, 3.05) is 0 Å². The summed E-state index contributed by atoms with van der Waals surface area (Å²) in [6.45, 7) is 3.42. The predicted octanol–water partition coefficient (Wildman–Crippen LogP) is 1.14. The van der Waals surface area contributed by atoms with E-state index < -0.39 is 5.60 Å². The fourth-order valence-electron chi connectivity index (χ4n) is 0.748. The molecule has 70 valence electrons. The minimum absolute atomic E-state index is 0.135. The van der Waals surface area contributed by atoms with E-state index >= 15 is 0 Å². The second-order valence-electron chi connectivity index (χ2n) is 3.08. The Labute approximate surface area is 82.6 Å². The zero-order valence-electron chi connectivity index (χ0n) is 7.98. The van der Waals surface area contributed by atoms with Crippen LogP contribution in [-0.2, 0) is 0 Å². The molecule has 0 spiro atoms. The van der Waals surface area contributed by atoms with E-state index in [4.69, 9.17) is 16.4 Å². The van der Waals surface area contributed by atoms with Crippen LogP contribution in [-0.4, -0.2) is 15.6 Å². The van der Waals surface area contributed by atoms with Gasteiger partial charge in [0, 0.05) is 12.4 Å². The van der Waals surface area contributed by atoms with Crippen molar-refractivity contribution in [2.24, 2.45) is 0 Å². The Hall–Kier alpha value is -2.07. The minimum Gasteiger partial charge on any atom is -0.456 e. The van der Waals surface area contributed by atoms with Gasteiger partial charge in [-0.15, -0.1) is 6.42 Å². The first-order valence-electron chi connectivity index (χ1n) is 3.97. The standard InChI is InChI=1S/C10H9N3O/c1-4-10(2,3)14-9-8(7-11)12-5-6-13-9/h1,5-6H,2-3H3. The summed E-state index contributed by atoms with van der Waals surface area (Å²) in [5, 5.41) is 8.70. The van der Waals surface area contributed by atoms with Crippen LogP contribution in [0.2, 0.25) is 0 Å². The molecule has 0 aromatic carbocycles. The molecule has 0 aliphatic carbocycles. The highest BCUT2D eigenvalue weighted by Gasteiger charge is 2.18. The third kappa shape index (κ3) is 2.21. The number of rotatable bonds is 2. The van der Waals surface area contributed by atoms with Crippen LogP contribution in [0.15, 0.2) is 12.4 Å². The van der Waals surface area contributed by atoms with Crippen molar-refractivity contribution in [1.29, 1.82) is 5.26 Å². The maximum absolute atomic E-state index is 8.70. The number of terminal acetylenes is 1. The van der Waals surface area contributed by atoms with E-state index in [9.17, 15) is 0 Å². The summed E-state index contributed by atoms with van der Waals surface area (Å²) in [7, 11) is 0. The molecule has 0 saturated carbocycles. The second kappa shape index (κ2) is 3.76. The molecule has 1 aromatic heterocycles.